The van der Waals surface area contributed by atoms with Crippen LogP contribution in [-0.2, 0) is 21.1 Å². The Bertz CT molecular complexity index is 646. The maximum Gasteiger partial charge on any atom is 0.337 e. The summed E-state index contributed by atoms with van der Waals surface area (Å²) >= 11 is 0.178. The van der Waals surface area contributed by atoms with Crippen molar-refractivity contribution in [3.8, 4) is 0 Å². The third kappa shape index (κ3) is 3.26. The number of rotatable bonds is 5. The van der Waals surface area contributed by atoms with Crippen LogP contribution in [0, 0.1) is 0 Å². The number of fused-ring (bicyclic) bond motifs is 1. The highest BCUT2D eigenvalue weighted by Gasteiger charge is 2.39. The Balaban J connectivity index is 1.89. The van der Waals surface area contributed by atoms with E-state index < -0.39 is 11.5 Å². The van der Waals surface area contributed by atoms with Gasteiger partial charge in [-0.05, 0) is 0 Å². The van der Waals surface area contributed by atoms with Crippen LogP contribution in [0.3, 0.4) is 0 Å². The number of nitrogens with zero attached hydrogens (tertiary/aromatic N) is 3. The fourth-order valence-corrected chi connectivity index (χ4v) is 3.91. The van der Waals surface area contributed by atoms with Crippen LogP contribution in [0.5, 0.6) is 0 Å². The number of carbonyl (C=O) groups is 1. The largest absolute Gasteiger partial charge is 0.579 e. The van der Waals surface area contributed by atoms with Crippen LogP contribution in [0.15, 0.2) is 27.8 Å². The van der Waals surface area contributed by atoms with Gasteiger partial charge in [0.2, 0.25) is 0 Å². The van der Waals surface area contributed by atoms with Gasteiger partial charge in [-0.2, -0.15) is 0 Å². The van der Waals surface area contributed by atoms with Gasteiger partial charge in [0.05, 0.1) is 25.3 Å². The topological polar surface area (TPSA) is 102 Å². The number of amidine groups is 1. The van der Waals surface area contributed by atoms with Crippen molar-refractivity contribution in [3.63, 3.8) is 0 Å². The molecule has 124 valence electrons. The predicted octanol–water partition coefficient (Wildman–Crippen LogP) is -0.208. The minimum atomic E-state index is -1.32. The molecule has 1 aromatic heterocycles. The molecule has 2 unspecified atom stereocenters. The van der Waals surface area contributed by atoms with Crippen molar-refractivity contribution in [2.45, 2.75) is 12.5 Å². The SMILES string of the molecule is CN[S+]([O-])NC1CC2=C(C(=O)OC)CN=C(c3nccs3)N2C1. The van der Waals surface area contributed by atoms with Crippen LogP contribution in [0.1, 0.15) is 11.4 Å². The Morgan fingerprint density at radius 3 is 3.09 bits per heavy atom. The van der Waals surface area contributed by atoms with E-state index in [0.29, 0.717) is 18.5 Å². The maximum absolute atomic E-state index is 12.0. The molecule has 0 spiro atoms. The molecule has 0 aromatic carbocycles. The number of esters is 1. The van der Waals surface area contributed by atoms with E-state index in [9.17, 15) is 9.35 Å². The molecule has 2 atom stereocenters. The molecule has 3 rings (SSSR count). The van der Waals surface area contributed by atoms with E-state index >= 15 is 0 Å². The van der Waals surface area contributed by atoms with Crippen LogP contribution in [0.2, 0.25) is 0 Å². The van der Waals surface area contributed by atoms with Gasteiger partial charge in [0.25, 0.3) is 0 Å². The van der Waals surface area contributed by atoms with Crippen molar-refractivity contribution in [1.29, 1.82) is 0 Å². The molecule has 0 bridgehead atoms. The molecule has 0 saturated carbocycles. The van der Waals surface area contributed by atoms with Crippen LogP contribution < -0.4 is 9.44 Å². The summed E-state index contributed by atoms with van der Waals surface area (Å²) < 4.78 is 22.2. The summed E-state index contributed by atoms with van der Waals surface area (Å²) in [5.74, 6) is 0.379. The fraction of sp³-hybridized carbons (Fsp3) is 0.462. The first-order valence-corrected chi connectivity index (χ1v) is 9.04. The van der Waals surface area contributed by atoms with E-state index in [1.807, 2.05) is 10.3 Å². The second-order valence-electron chi connectivity index (χ2n) is 5.00. The van der Waals surface area contributed by atoms with Crippen LogP contribution in [0.4, 0.5) is 0 Å². The Labute approximate surface area is 141 Å². The molecule has 8 nitrogen and oxygen atoms in total. The number of nitrogens with one attached hydrogen (secondary N) is 2. The Morgan fingerprint density at radius 1 is 1.61 bits per heavy atom. The molecule has 1 fully saturated rings. The Kier molecular flexibility index (Phi) is 4.97. The monoisotopic (exact) mass is 355 g/mol. The highest BCUT2D eigenvalue weighted by Crippen LogP contribution is 2.31. The number of aromatic nitrogens is 1. The van der Waals surface area contributed by atoms with Crippen LogP contribution >= 0.6 is 11.3 Å². The minimum absolute atomic E-state index is 0.0544. The zero-order valence-corrected chi connectivity index (χ0v) is 14.4. The third-order valence-electron chi connectivity index (χ3n) is 3.67. The molecule has 23 heavy (non-hydrogen) atoms. The molecule has 2 aliphatic heterocycles. The summed E-state index contributed by atoms with van der Waals surface area (Å²) in [5, 5.41) is 2.70. The highest BCUT2D eigenvalue weighted by molar-refractivity contribution is 7.87. The molecular weight excluding hydrogens is 338 g/mol. The smallest absolute Gasteiger partial charge is 0.337 e. The number of methoxy groups -OCH3 is 1. The molecule has 2 aliphatic rings. The van der Waals surface area contributed by atoms with Gasteiger partial charge in [-0.1, -0.05) is 0 Å². The number of hydrogen-bond acceptors (Lipinski definition) is 9. The summed E-state index contributed by atoms with van der Waals surface area (Å²) in [4.78, 5) is 22.8. The van der Waals surface area contributed by atoms with Gasteiger partial charge in [0.1, 0.15) is 11.5 Å². The lowest BCUT2D eigenvalue weighted by atomic mass is 10.1. The zero-order valence-electron chi connectivity index (χ0n) is 12.7. The third-order valence-corrected chi connectivity index (χ3v) is 5.36. The standard InChI is InChI=1S/C13H17N5O3S2/c1-14-23(20)17-8-5-10-9(13(19)21-2)6-16-11(18(10)7-8)12-15-3-4-22-12/h3-4,8,14,17H,5-7H2,1-2H3. The van der Waals surface area contributed by atoms with Gasteiger partial charge < -0.3 is 14.2 Å². The number of ether oxygens (including phenoxy) is 1. The molecule has 0 amide bonds. The maximum atomic E-state index is 12.0. The molecule has 0 radical (unpaired) electrons. The van der Waals surface area contributed by atoms with Gasteiger partial charge in [-0.25, -0.2) is 9.78 Å². The van der Waals surface area contributed by atoms with Crippen molar-refractivity contribution in [2.75, 3.05) is 27.2 Å². The van der Waals surface area contributed by atoms with Gasteiger partial charge in [0, 0.05) is 37.3 Å². The molecule has 3 heterocycles. The first-order valence-electron chi connectivity index (χ1n) is 7.01. The lowest BCUT2D eigenvalue weighted by Gasteiger charge is -2.26. The molecule has 1 saturated heterocycles. The summed E-state index contributed by atoms with van der Waals surface area (Å²) in [5.41, 5.74) is 1.41. The fourth-order valence-electron chi connectivity index (χ4n) is 2.68. The summed E-state index contributed by atoms with van der Waals surface area (Å²) in [6.45, 7) is 0.844. The lowest BCUT2D eigenvalue weighted by molar-refractivity contribution is -0.136. The Hall–Kier alpha value is -1.46. The predicted molar refractivity (Wildman–Crippen MR) is 88.0 cm³/mol. The highest BCUT2D eigenvalue weighted by atomic mass is 32.2. The average Bonchev–Trinajstić information content (AvgIpc) is 3.22. The first-order chi connectivity index (χ1) is 11.1. The van der Waals surface area contributed by atoms with Crippen molar-refractivity contribution in [1.82, 2.24) is 19.3 Å². The van der Waals surface area contributed by atoms with E-state index in [1.165, 1.54) is 18.4 Å². The zero-order chi connectivity index (χ0) is 16.4. The molecule has 10 heteroatoms. The second kappa shape index (κ2) is 6.97. The van der Waals surface area contributed by atoms with E-state index in [-0.39, 0.29) is 18.6 Å². The van der Waals surface area contributed by atoms with E-state index in [2.05, 4.69) is 19.4 Å². The molecule has 0 aliphatic carbocycles. The number of aliphatic imine (C=N–C) groups is 1. The van der Waals surface area contributed by atoms with Crippen LogP contribution in [0.25, 0.3) is 0 Å². The molecular formula is C13H17N5O3S2. The molecule has 1 aromatic rings. The summed E-state index contributed by atoms with van der Waals surface area (Å²) in [7, 11) is 2.98. The number of hydrogen-bond donors (Lipinski definition) is 2. The Morgan fingerprint density at radius 2 is 2.43 bits per heavy atom. The number of carbonyl (C=O) groups excluding carboxylic acids is 1. The minimum Gasteiger partial charge on any atom is -0.579 e. The second-order valence-corrected chi connectivity index (χ2v) is 7.07. The van der Waals surface area contributed by atoms with Crippen LogP contribution in [-0.4, -0.2) is 59.5 Å². The van der Waals surface area contributed by atoms with E-state index in [4.69, 9.17) is 4.74 Å². The van der Waals surface area contributed by atoms with Crippen molar-refractivity contribution in [2.24, 2.45) is 4.99 Å². The van der Waals surface area contributed by atoms with Gasteiger partial charge >= 0.3 is 5.97 Å². The van der Waals surface area contributed by atoms with Crippen molar-refractivity contribution < 1.29 is 14.1 Å². The van der Waals surface area contributed by atoms with Crippen molar-refractivity contribution >= 4 is 34.7 Å². The molecule has 2 N–H and O–H groups in total. The summed E-state index contributed by atoms with van der Waals surface area (Å²) in [6.07, 6.45) is 2.31. The summed E-state index contributed by atoms with van der Waals surface area (Å²) in [6, 6.07) is -0.0544. The van der Waals surface area contributed by atoms with Gasteiger partial charge in [-0.15, -0.1) is 20.8 Å². The van der Waals surface area contributed by atoms with Crippen molar-refractivity contribution in [3.05, 3.63) is 27.9 Å². The first kappa shape index (κ1) is 16.4. The lowest BCUT2D eigenvalue weighted by Crippen LogP contribution is -2.43. The average molecular weight is 355 g/mol. The normalized spacial score (nSPS) is 22.0. The van der Waals surface area contributed by atoms with E-state index in [0.717, 1.165) is 16.5 Å². The number of thiazole rings is 1. The van der Waals surface area contributed by atoms with Gasteiger partial charge in [0.15, 0.2) is 10.8 Å². The quantitative estimate of drug-likeness (QED) is 0.557. The van der Waals surface area contributed by atoms with E-state index in [1.54, 1.807) is 13.2 Å². The van der Waals surface area contributed by atoms with Gasteiger partial charge in [-0.3, -0.25) is 4.99 Å².